The SMILES string of the molecule is Cc1ccc(-c2[nH]ncc2CN[C@@H]2CCC[C@@H]2C(=O)O)cc1. The van der Waals surface area contributed by atoms with Crippen molar-refractivity contribution in [3.05, 3.63) is 41.6 Å². The van der Waals surface area contributed by atoms with Gasteiger partial charge in [0.1, 0.15) is 0 Å². The molecule has 1 heterocycles. The van der Waals surface area contributed by atoms with Crippen molar-refractivity contribution >= 4 is 5.97 Å². The number of aliphatic carboxylic acids is 1. The molecule has 3 rings (SSSR count). The predicted octanol–water partition coefficient (Wildman–Crippen LogP) is 2.73. The van der Waals surface area contributed by atoms with Gasteiger partial charge in [-0.25, -0.2) is 0 Å². The highest BCUT2D eigenvalue weighted by Gasteiger charge is 2.32. The van der Waals surface area contributed by atoms with E-state index in [9.17, 15) is 9.90 Å². The lowest BCUT2D eigenvalue weighted by Gasteiger charge is -2.17. The Kier molecular flexibility index (Phi) is 4.24. The van der Waals surface area contributed by atoms with Crippen molar-refractivity contribution in [3.63, 3.8) is 0 Å². The standard InChI is InChI=1S/C17H21N3O2/c1-11-5-7-12(8-6-11)16-13(10-19-20-16)9-18-15-4-2-3-14(15)17(21)22/h5-8,10,14-15,18H,2-4,9H2,1H3,(H,19,20)(H,21,22)/t14-,15+/m0/s1. The van der Waals surface area contributed by atoms with Crippen LogP contribution in [0.2, 0.25) is 0 Å². The first-order valence-corrected chi connectivity index (χ1v) is 7.70. The summed E-state index contributed by atoms with van der Waals surface area (Å²) in [6.45, 7) is 2.69. The van der Waals surface area contributed by atoms with E-state index in [4.69, 9.17) is 0 Å². The van der Waals surface area contributed by atoms with Gasteiger partial charge in [-0.2, -0.15) is 5.10 Å². The van der Waals surface area contributed by atoms with Crippen molar-refractivity contribution in [2.75, 3.05) is 0 Å². The van der Waals surface area contributed by atoms with E-state index in [-0.39, 0.29) is 12.0 Å². The minimum atomic E-state index is -0.694. The molecule has 0 amide bonds. The van der Waals surface area contributed by atoms with E-state index in [1.807, 2.05) is 6.20 Å². The molecule has 1 aromatic heterocycles. The third-order valence-electron chi connectivity index (χ3n) is 4.45. The zero-order valence-electron chi connectivity index (χ0n) is 12.7. The highest BCUT2D eigenvalue weighted by molar-refractivity contribution is 5.71. The Labute approximate surface area is 129 Å². The number of hydrogen-bond acceptors (Lipinski definition) is 3. The third-order valence-corrected chi connectivity index (χ3v) is 4.45. The second-order valence-corrected chi connectivity index (χ2v) is 6.00. The molecule has 3 N–H and O–H groups in total. The number of benzene rings is 1. The van der Waals surface area contributed by atoms with E-state index in [2.05, 4.69) is 46.7 Å². The smallest absolute Gasteiger partial charge is 0.308 e. The van der Waals surface area contributed by atoms with Gasteiger partial charge >= 0.3 is 5.97 Å². The number of carboxylic acid groups (broad SMARTS) is 1. The number of aryl methyl sites for hydroxylation is 1. The molecule has 1 saturated carbocycles. The molecule has 1 aliphatic carbocycles. The van der Waals surface area contributed by atoms with E-state index < -0.39 is 5.97 Å². The zero-order chi connectivity index (χ0) is 15.5. The van der Waals surface area contributed by atoms with Crippen LogP contribution in [0, 0.1) is 12.8 Å². The molecule has 1 aromatic carbocycles. The summed E-state index contributed by atoms with van der Waals surface area (Å²) < 4.78 is 0. The van der Waals surface area contributed by atoms with E-state index in [0.717, 1.165) is 36.1 Å². The second-order valence-electron chi connectivity index (χ2n) is 6.00. The van der Waals surface area contributed by atoms with Crippen LogP contribution in [0.5, 0.6) is 0 Å². The van der Waals surface area contributed by atoms with Gasteiger partial charge in [0.25, 0.3) is 0 Å². The number of aromatic amines is 1. The van der Waals surface area contributed by atoms with E-state index >= 15 is 0 Å². The highest BCUT2D eigenvalue weighted by Crippen LogP contribution is 2.27. The molecule has 0 bridgehead atoms. The first-order chi connectivity index (χ1) is 10.6. The van der Waals surface area contributed by atoms with Gasteiger partial charge in [0.2, 0.25) is 0 Å². The Morgan fingerprint density at radius 2 is 2.14 bits per heavy atom. The Morgan fingerprint density at radius 1 is 1.36 bits per heavy atom. The van der Waals surface area contributed by atoms with Crippen molar-refractivity contribution in [1.82, 2.24) is 15.5 Å². The lowest BCUT2D eigenvalue weighted by Crippen LogP contribution is -2.35. The maximum Gasteiger partial charge on any atom is 0.308 e. The minimum Gasteiger partial charge on any atom is -0.481 e. The number of nitrogens with zero attached hydrogens (tertiary/aromatic N) is 1. The monoisotopic (exact) mass is 299 g/mol. The summed E-state index contributed by atoms with van der Waals surface area (Å²) >= 11 is 0. The molecule has 5 nitrogen and oxygen atoms in total. The Morgan fingerprint density at radius 3 is 2.86 bits per heavy atom. The first kappa shape index (κ1) is 14.8. The summed E-state index contributed by atoms with van der Waals surface area (Å²) in [5.41, 5.74) is 4.39. The van der Waals surface area contributed by atoms with Crippen molar-refractivity contribution in [3.8, 4) is 11.3 Å². The van der Waals surface area contributed by atoms with Crippen LogP contribution in [-0.2, 0) is 11.3 Å². The highest BCUT2D eigenvalue weighted by atomic mass is 16.4. The van der Waals surface area contributed by atoms with E-state index in [0.29, 0.717) is 6.54 Å². The van der Waals surface area contributed by atoms with Crippen LogP contribution >= 0.6 is 0 Å². The molecule has 1 aliphatic rings. The van der Waals surface area contributed by atoms with Crippen LogP contribution in [0.3, 0.4) is 0 Å². The summed E-state index contributed by atoms with van der Waals surface area (Å²) in [4.78, 5) is 11.2. The van der Waals surface area contributed by atoms with E-state index in [1.165, 1.54) is 5.56 Å². The second kappa shape index (κ2) is 6.32. The Balaban J connectivity index is 1.70. The fraction of sp³-hybridized carbons (Fsp3) is 0.412. The number of nitrogens with one attached hydrogen (secondary N) is 2. The summed E-state index contributed by atoms with van der Waals surface area (Å²) in [5.74, 6) is -0.962. The average Bonchev–Trinajstić information content (AvgIpc) is 3.14. The summed E-state index contributed by atoms with van der Waals surface area (Å²) in [5, 5.41) is 19.8. The quantitative estimate of drug-likeness (QED) is 0.793. The van der Waals surface area contributed by atoms with Crippen molar-refractivity contribution in [2.24, 2.45) is 5.92 Å². The van der Waals surface area contributed by atoms with Crippen molar-refractivity contribution < 1.29 is 9.90 Å². The van der Waals surface area contributed by atoms with Gasteiger partial charge in [-0.1, -0.05) is 36.2 Å². The molecule has 0 radical (unpaired) electrons. The minimum absolute atomic E-state index is 0.0540. The van der Waals surface area contributed by atoms with Gasteiger partial charge in [-0.15, -0.1) is 0 Å². The average molecular weight is 299 g/mol. The Hall–Kier alpha value is -2.14. The summed E-state index contributed by atoms with van der Waals surface area (Å²) in [7, 11) is 0. The van der Waals surface area contributed by atoms with Crippen molar-refractivity contribution in [2.45, 2.75) is 38.8 Å². The molecule has 0 spiro atoms. The molecule has 1 fully saturated rings. The first-order valence-electron chi connectivity index (χ1n) is 7.70. The van der Waals surface area contributed by atoms with Gasteiger partial charge in [0.15, 0.2) is 0 Å². The third kappa shape index (κ3) is 3.04. The van der Waals surface area contributed by atoms with Crippen LogP contribution in [-0.4, -0.2) is 27.3 Å². The largest absolute Gasteiger partial charge is 0.481 e. The number of aromatic nitrogens is 2. The van der Waals surface area contributed by atoms with Gasteiger partial charge in [0.05, 0.1) is 17.8 Å². The summed E-state index contributed by atoms with van der Waals surface area (Å²) in [6.07, 6.45) is 4.48. The molecule has 2 atom stereocenters. The van der Waals surface area contributed by atoms with Crippen LogP contribution < -0.4 is 5.32 Å². The molecule has 116 valence electrons. The van der Waals surface area contributed by atoms with Crippen LogP contribution in [0.25, 0.3) is 11.3 Å². The molecule has 22 heavy (non-hydrogen) atoms. The molecule has 0 saturated heterocycles. The number of hydrogen-bond donors (Lipinski definition) is 3. The maximum atomic E-state index is 11.2. The molecule has 2 aromatic rings. The topological polar surface area (TPSA) is 78.0 Å². The van der Waals surface area contributed by atoms with Gasteiger partial charge in [-0.05, 0) is 25.3 Å². The number of H-pyrrole nitrogens is 1. The lowest BCUT2D eigenvalue weighted by molar-refractivity contribution is -0.142. The summed E-state index contributed by atoms with van der Waals surface area (Å²) in [6, 6.07) is 8.35. The van der Waals surface area contributed by atoms with Gasteiger partial charge in [0, 0.05) is 18.2 Å². The van der Waals surface area contributed by atoms with Crippen LogP contribution in [0.1, 0.15) is 30.4 Å². The lowest BCUT2D eigenvalue weighted by atomic mass is 10.0. The molecule has 5 heteroatoms. The fourth-order valence-corrected chi connectivity index (χ4v) is 3.16. The number of carbonyl (C=O) groups is 1. The van der Waals surface area contributed by atoms with E-state index in [1.54, 1.807) is 0 Å². The Bertz CT molecular complexity index is 648. The predicted molar refractivity (Wildman–Crippen MR) is 84.4 cm³/mol. The fourth-order valence-electron chi connectivity index (χ4n) is 3.16. The zero-order valence-corrected chi connectivity index (χ0v) is 12.7. The number of rotatable bonds is 5. The van der Waals surface area contributed by atoms with Crippen LogP contribution in [0.15, 0.2) is 30.5 Å². The maximum absolute atomic E-state index is 11.2. The number of carboxylic acids is 1. The van der Waals surface area contributed by atoms with Crippen LogP contribution in [0.4, 0.5) is 0 Å². The molecular weight excluding hydrogens is 278 g/mol. The molecule has 0 aliphatic heterocycles. The molecular formula is C17H21N3O2. The molecule has 0 unspecified atom stereocenters. The van der Waals surface area contributed by atoms with Gasteiger partial charge in [-0.3, -0.25) is 9.89 Å². The van der Waals surface area contributed by atoms with Gasteiger partial charge < -0.3 is 10.4 Å². The normalized spacial score (nSPS) is 21.1. The van der Waals surface area contributed by atoms with Crippen molar-refractivity contribution in [1.29, 1.82) is 0 Å².